The summed E-state index contributed by atoms with van der Waals surface area (Å²) in [5, 5.41) is 9.93. The van der Waals surface area contributed by atoms with Crippen molar-refractivity contribution < 1.29 is 13.5 Å². The van der Waals surface area contributed by atoms with Crippen LogP contribution < -0.4 is 0 Å². The van der Waals surface area contributed by atoms with Crippen molar-refractivity contribution in [1.82, 2.24) is 4.31 Å². The highest BCUT2D eigenvalue weighted by atomic mass is 32.2. The summed E-state index contributed by atoms with van der Waals surface area (Å²) in [5.41, 5.74) is 0.246. The molecule has 1 fully saturated rings. The third-order valence-electron chi connectivity index (χ3n) is 3.67. The summed E-state index contributed by atoms with van der Waals surface area (Å²) in [4.78, 5) is 0.199. The molecule has 0 spiro atoms. The van der Waals surface area contributed by atoms with Crippen LogP contribution in [0.15, 0.2) is 31.8 Å². The number of hydrogen-bond donors (Lipinski definition) is 1. The van der Waals surface area contributed by atoms with E-state index in [4.69, 9.17) is 0 Å². The number of benzene rings is 1. The summed E-state index contributed by atoms with van der Waals surface area (Å²) in [6.45, 7) is 2.38. The molecular formula is C12H15N3O3S2. The molecule has 1 N–H and O–H groups in total. The first-order chi connectivity index (χ1) is 9.40. The Morgan fingerprint density at radius 2 is 2.00 bits per heavy atom. The zero-order valence-corrected chi connectivity index (χ0v) is 12.6. The molecule has 2 aliphatic rings. The third-order valence-corrected chi connectivity index (χ3v) is 6.14. The van der Waals surface area contributed by atoms with Gasteiger partial charge in [0, 0.05) is 13.1 Å². The number of piperidine rings is 1. The molecule has 0 unspecified atom stereocenters. The lowest BCUT2D eigenvalue weighted by atomic mass is 9.95. The van der Waals surface area contributed by atoms with E-state index in [-0.39, 0.29) is 4.90 Å². The van der Waals surface area contributed by atoms with Gasteiger partial charge in [0.1, 0.15) is 16.3 Å². The fourth-order valence-corrected chi connectivity index (χ4v) is 4.53. The summed E-state index contributed by atoms with van der Waals surface area (Å²) in [6, 6.07) is 4.99. The number of aliphatic hydroxyl groups is 1. The maximum absolute atomic E-state index is 12.7. The minimum absolute atomic E-state index is 0.199. The Labute approximate surface area is 121 Å². The minimum Gasteiger partial charge on any atom is -0.390 e. The van der Waals surface area contributed by atoms with E-state index >= 15 is 0 Å². The van der Waals surface area contributed by atoms with Crippen molar-refractivity contribution in [3.05, 3.63) is 18.2 Å². The molecule has 0 saturated carbocycles. The lowest BCUT2D eigenvalue weighted by molar-refractivity contribution is 0.0126. The number of fused-ring (bicyclic) bond motifs is 1. The molecular weight excluding hydrogens is 298 g/mol. The van der Waals surface area contributed by atoms with Crippen LogP contribution >= 0.6 is 0 Å². The Hall–Kier alpha value is -1.09. The molecule has 0 atom stereocenters. The third kappa shape index (κ3) is 2.32. The normalized spacial score (nSPS) is 21.5. The van der Waals surface area contributed by atoms with Gasteiger partial charge in [0.05, 0.1) is 17.0 Å². The number of rotatable bonds is 2. The number of hydrogen-bond acceptors (Lipinski definition) is 5. The molecule has 20 heavy (non-hydrogen) atoms. The second kappa shape index (κ2) is 4.73. The molecule has 0 aromatic heterocycles. The average molecular weight is 313 g/mol. The maximum atomic E-state index is 12.7. The van der Waals surface area contributed by atoms with Gasteiger partial charge in [-0.05, 0) is 31.9 Å². The summed E-state index contributed by atoms with van der Waals surface area (Å²) < 4.78 is 35.0. The predicted molar refractivity (Wildman–Crippen MR) is 76.6 cm³/mol. The maximum Gasteiger partial charge on any atom is 0.245 e. The minimum atomic E-state index is -3.58. The van der Waals surface area contributed by atoms with E-state index in [0.717, 1.165) is 11.4 Å². The van der Waals surface area contributed by atoms with Crippen molar-refractivity contribution >= 4 is 32.8 Å². The lowest BCUT2D eigenvalue weighted by Crippen LogP contribution is -2.45. The van der Waals surface area contributed by atoms with Gasteiger partial charge in [-0.2, -0.15) is 13.0 Å². The molecule has 2 heterocycles. The fourth-order valence-electron chi connectivity index (χ4n) is 2.34. The van der Waals surface area contributed by atoms with E-state index in [2.05, 4.69) is 8.73 Å². The average Bonchev–Trinajstić information content (AvgIpc) is 2.86. The monoisotopic (exact) mass is 313 g/mol. The molecule has 108 valence electrons. The van der Waals surface area contributed by atoms with Crippen molar-refractivity contribution in [2.75, 3.05) is 13.1 Å². The molecule has 0 amide bonds. The molecule has 6 nitrogen and oxygen atoms in total. The van der Waals surface area contributed by atoms with Gasteiger partial charge in [0.15, 0.2) is 0 Å². The van der Waals surface area contributed by atoms with E-state index in [1.807, 2.05) is 0 Å². The van der Waals surface area contributed by atoms with Gasteiger partial charge in [-0.25, -0.2) is 8.42 Å². The Balaban J connectivity index is 1.95. The van der Waals surface area contributed by atoms with E-state index in [9.17, 15) is 13.5 Å². The van der Waals surface area contributed by atoms with E-state index in [1.54, 1.807) is 25.1 Å². The predicted octanol–water partition coefficient (Wildman–Crippen LogP) is 1.95. The molecule has 2 aliphatic heterocycles. The summed E-state index contributed by atoms with van der Waals surface area (Å²) in [5.74, 6) is 0. The molecule has 0 aliphatic carbocycles. The first kappa shape index (κ1) is 13.9. The molecule has 1 aromatic carbocycles. The largest absolute Gasteiger partial charge is 0.390 e. The second-order valence-corrected chi connectivity index (χ2v) is 7.72. The number of sulfonamides is 1. The Morgan fingerprint density at radius 3 is 2.70 bits per heavy atom. The highest BCUT2D eigenvalue weighted by Crippen LogP contribution is 2.39. The molecule has 3 rings (SSSR count). The Kier molecular flexibility index (Phi) is 3.28. The van der Waals surface area contributed by atoms with Crippen molar-refractivity contribution in [3.63, 3.8) is 0 Å². The van der Waals surface area contributed by atoms with E-state index < -0.39 is 15.6 Å². The first-order valence-electron chi connectivity index (χ1n) is 6.34. The van der Waals surface area contributed by atoms with Gasteiger partial charge in [0.25, 0.3) is 0 Å². The van der Waals surface area contributed by atoms with Gasteiger partial charge in [-0.1, -0.05) is 6.07 Å². The SMILES string of the molecule is CC1(O)CCN(S(=O)(=O)c2cccc3c2N=S=N3)CC1. The van der Waals surface area contributed by atoms with E-state index in [0.29, 0.717) is 37.3 Å². The smallest absolute Gasteiger partial charge is 0.245 e. The van der Waals surface area contributed by atoms with Crippen LogP contribution in [-0.4, -0.2) is 36.5 Å². The quantitative estimate of drug-likeness (QED) is 0.920. The van der Waals surface area contributed by atoms with Crippen LogP contribution in [0.2, 0.25) is 0 Å². The highest BCUT2D eigenvalue weighted by molar-refractivity contribution is 7.89. The number of nitrogens with zero attached hydrogens (tertiary/aromatic N) is 3. The summed E-state index contributed by atoms with van der Waals surface area (Å²) in [6.07, 6.45) is 0.884. The summed E-state index contributed by atoms with van der Waals surface area (Å²) in [7, 11) is -3.58. The van der Waals surface area contributed by atoms with Gasteiger partial charge in [-0.15, -0.1) is 0 Å². The lowest BCUT2D eigenvalue weighted by Gasteiger charge is -2.35. The second-order valence-electron chi connectivity index (χ2n) is 5.29. The highest BCUT2D eigenvalue weighted by Gasteiger charge is 2.35. The first-order valence-corrected chi connectivity index (χ1v) is 8.51. The van der Waals surface area contributed by atoms with Gasteiger partial charge >= 0.3 is 0 Å². The summed E-state index contributed by atoms with van der Waals surface area (Å²) >= 11 is 1.01. The van der Waals surface area contributed by atoms with Crippen LogP contribution in [0.3, 0.4) is 0 Å². The van der Waals surface area contributed by atoms with Gasteiger partial charge in [0.2, 0.25) is 10.0 Å². The fraction of sp³-hybridized carbons (Fsp3) is 0.500. The van der Waals surface area contributed by atoms with Crippen LogP contribution in [0.4, 0.5) is 11.4 Å². The van der Waals surface area contributed by atoms with Crippen molar-refractivity contribution in [2.24, 2.45) is 8.73 Å². The topological polar surface area (TPSA) is 82.3 Å². The van der Waals surface area contributed by atoms with Gasteiger partial charge in [-0.3, -0.25) is 0 Å². The molecule has 1 saturated heterocycles. The molecule has 0 bridgehead atoms. The van der Waals surface area contributed by atoms with Crippen molar-refractivity contribution in [1.29, 1.82) is 0 Å². The van der Waals surface area contributed by atoms with Crippen molar-refractivity contribution in [3.8, 4) is 0 Å². The van der Waals surface area contributed by atoms with Gasteiger partial charge < -0.3 is 5.11 Å². The Bertz CT molecular complexity index is 711. The van der Waals surface area contributed by atoms with E-state index in [1.165, 1.54) is 4.31 Å². The molecule has 8 heteroatoms. The van der Waals surface area contributed by atoms with Crippen LogP contribution in [0, 0.1) is 0 Å². The van der Waals surface area contributed by atoms with Crippen LogP contribution in [0.5, 0.6) is 0 Å². The zero-order valence-electron chi connectivity index (χ0n) is 11.0. The van der Waals surface area contributed by atoms with Crippen LogP contribution in [0.25, 0.3) is 0 Å². The zero-order chi connectivity index (χ0) is 14.4. The van der Waals surface area contributed by atoms with Crippen molar-refractivity contribution in [2.45, 2.75) is 30.3 Å². The van der Waals surface area contributed by atoms with Crippen LogP contribution in [-0.2, 0) is 21.4 Å². The Morgan fingerprint density at radius 1 is 1.30 bits per heavy atom. The van der Waals surface area contributed by atoms with Crippen LogP contribution in [0.1, 0.15) is 19.8 Å². The molecule has 0 radical (unpaired) electrons. The standard InChI is InChI=1S/C12H15N3O3S2/c1-12(16)5-7-15(8-6-12)20(17,18)10-4-2-3-9-11(10)14-19-13-9/h2-4,16H,5-8H2,1H3. The molecule has 1 aromatic rings.